The molecular formula is C24H25N3O5S. The molecule has 0 saturated heterocycles. The Bertz CT molecular complexity index is 1290. The minimum absolute atomic E-state index is 0.154. The van der Waals surface area contributed by atoms with Crippen molar-refractivity contribution in [1.82, 2.24) is 14.8 Å². The van der Waals surface area contributed by atoms with Gasteiger partial charge in [-0.05, 0) is 42.5 Å². The van der Waals surface area contributed by atoms with Crippen molar-refractivity contribution in [3.63, 3.8) is 0 Å². The molecule has 2 aromatic carbocycles. The summed E-state index contributed by atoms with van der Waals surface area (Å²) in [6.07, 6.45) is 3.52. The summed E-state index contributed by atoms with van der Waals surface area (Å²) >= 11 is 0. The van der Waals surface area contributed by atoms with Gasteiger partial charge in [0.25, 0.3) is 11.8 Å². The molecule has 0 saturated carbocycles. The summed E-state index contributed by atoms with van der Waals surface area (Å²) in [4.78, 5) is 39.6. The highest BCUT2D eigenvalue weighted by Gasteiger charge is 2.42. The maximum absolute atomic E-state index is 13.0. The molecule has 33 heavy (non-hydrogen) atoms. The molecule has 0 spiro atoms. The van der Waals surface area contributed by atoms with Crippen LogP contribution in [0.25, 0.3) is 10.9 Å². The number of carbonyl (C=O) groups excluding carboxylic acids is 3. The van der Waals surface area contributed by atoms with Crippen molar-refractivity contribution >= 4 is 38.5 Å². The lowest BCUT2D eigenvalue weighted by molar-refractivity contribution is -0.125. The number of benzene rings is 2. The van der Waals surface area contributed by atoms with Gasteiger partial charge in [0, 0.05) is 31.1 Å². The first-order valence-corrected chi connectivity index (χ1v) is 12.8. The number of para-hydroxylation sites is 1. The zero-order chi connectivity index (χ0) is 23.6. The Morgan fingerprint density at radius 2 is 1.61 bits per heavy atom. The Kier molecular flexibility index (Phi) is 6.33. The van der Waals surface area contributed by atoms with Crippen LogP contribution in [0.4, 0.5) is 0 Å². The fourth-order valence-corrected chi connectivity index (χ4v) is 4.76. The van der Waals surface area contributed by atoms with Crippen molar-refractivity contribution < 1.29 is 22.8 Å². The Labute approximate surface area is 192 Å². The molecule has 0 aliphatic carbocycles. The van der Waals surface area contributed by atoms with E-state index in [1.807, 2.05) is 36.5 Å². The van der Waals surface area contributed by atoms with Crippen molar-refractivity contribution in [3.05, 3.63) is 71.9 Å². The van der Waals surface area contributed by atoms with Crippen LogP contribution in [0, 0.1) is 0 Å². The average Bonchev–Trinajstić information content (AvgIpc) is 3.31. The van der Waals surface area contributed by atoms with E-state index in [1.54, 1.807) is 12.1 Å². The third kappa shape index (κ3) is 4.83. The van der Waals surface area contributed by atoms with Crippen molar-refractivity contribution in [3.8, 4) is 0 Å². The van der Waals surface area contributed by atoms with Gasteiger partial charge in [-0.25, -0.2) is 8.42 Å². The number of carbonyl (C=O) groups is 3. The Hall–Kier alpha value is -3.46. The van der Waals surface area contributed by atoms with Crippen LogP contribution in [0.1, 0.15) is 33.6 Å². The first-order valence-electron chi connectivity index (χ1n) is 10.7. The molecule has 9 heteroatoms. The molecule has 0 bridgehead atoms. The van der Waals surface area contributed by atoms with E-state index in [4.69, 9.17) is 0 Å². The maximum atomic E-state index is 13.0. The Balaban J connectivity index is 1.44. The van der Waals surface area contributed by atoms with Gasteiger partial charge >= 0.3 is 0 Å². The number of nitrogens with zero attached hydrogens (tertiary/aromatic N) is 2. The van der Waals surface area contributed by atoms with Gasteiger partial charge in [-0.2, -0.15) is 0 Å². The molecule has 1 unspecified atom stereocenters. The van der Waals surface area contributed by atoms with Crippen LogP contribution < -0.4 is 5.32 Å². The first kappa shape index (κ1) is 22.7. The summed E-state index contributed by atoms with van der Waals surface area (Å²) in [6.45, 7) is 0.999. The van der Waals surface area contributed by atoms with Crippen LogP contribution in [0.2, 0.25) is 0 Å². The molecule has 2 heterocycles. The third-order valence-corrected chi connectivity index (χ3v) is 6.73. The first-order chi connectivity index (χ1) is 15.8. The molecule has 1 aliphatic rings. The van der Waals surface area contributed by atoms with Gasteiger partial charge in [0.05, 0.1) is 16.9 Å². The summed E-state index contributed by atoms with van der Waals surface area (Å²) in [7, 11) is -3.39. The highest BCUT2D eigenvalue weighted by Crippen LogP contribution is 2.26. The summed E-state index contributed by atoms with van der Waals surface area (Å²) in [5, 5.41) is 3.91. The summed E-state index contributed by atoms with van der Waals surface area (Å²) < 4.78 is 25.6. The highest BCUT2D eigenvalue weighted by atomic mass is 32.2. The normalized spacial score (nSPS) is 14.5. The van der Waals surface area contributed by atoms with Crippen molar-refractivity contribution in [2.24, 2.45) is 0 Å². The molecule has 1 aliphatic heterocycles. The van der Waals surface area contributed by atoms with Crippen LogP contribution in [0.15, 0.2) is 60.8 Å². The molecule has 1 N–H and O–H groups in total. The third-order valence-electron chi connectivity index (χ3n) is 5.76. The van der Waals surface area contributed by atoms with Gasteiger partial charge in [-0.1, -0.05) is 30.3 Å². The number of hydrogen-bond acceptors (Lipinski definition) is 5. The number of sulfone groups is 1. The van der Waals surface area contributed by atoms with Crippen LogP contribution in [-0.4, -0.2) is 60.2 Å². The van der Waals surface area contributed by atoms with Crippen LogP contribution in [-0.2, 0) is 21.2 Å². The molecule has 8 nitrogen and oxygen atoms in total. The van der Waals surface area contributed by atoms with E-state index in [0.29, 0.717) is 19.5 Å². The number of imide groups is 1. The van der Waals surface area contributed by atoms with E-state index >= 15 is 0 Å². The van der Waals surface area contributed by atoms with E-state index in [0.717, 1.165) is 22.1 Å². The number of nitrogens with one attached hydrogen (secondary N) is 1. The molecule has 3 aromatic rings. The standard InChI is InChI=1S/C24H25N3O5S/c1-33(31,32)16-12-21(27-23(29)18-8-3-4-9-19(18)24(27)30)22(28)25-13-6-14-26-15-11-17-7-2-5-10-20(17)26/h2-5,7-11,15,21H,6,12-14,16H2,1H3,(H,25,28). The molecular weight excluding hydrogens is 442 g/mol. The van der Waals surface area contributed by atoms with Crippen LogP contribution >= 0.6 is 0 Å². The van der Waals surface area contributed by atoms with Crippen LogP contribution in [0.3, 0.4) is 0 Å². The number of hydrogen-bond donors (Lipinski definition) is 1. The smallest absolute Gasteiger partial charge is 0.262 e. The SMILES string of the molecule is CS(=O)(=O)CCC(C(=O)NCCCn1ccc2ccccc21)N1C(=O)c2ccccc2C1=O. The number of fused-ring (bicyclic) bond motifs is 2. The number of amides is 3. The monoisotopic (exact) mass is 467 g/mol. The maximum Gasteiger partial charge on any atom is 0.262 e. The second-order valence-corrected chi connectivity index (χ2v) is 10.4. The van der Waals surface area contributed by atoms with Crippen molar-refractivity contribution in [2.75, 3.05) is 18.6 Å². The topological polar surface area (TPSA) is 106 Å². The number of aryl methyl sites for hydroxylation is 1. The van der Waals surface area contributed by atoms with Gasteiger partial charge in [-0.3, -0.25) is 19.3 Å². The number of aromatic nitrogens is 1. The van der Waals surface area contributed by atoms with E-state index in [1.165, 1.54) is 12.1 Å². The lowest BCUT2D eigenvalue weighted by atomic mass is 10.1. The largest absolute Gasteiger partial charge is 0.354 e. The second-order valence-electron chi connectivity index (χ2n) is 8.17. The van der Waals surface area contributed by atoms with E-state index < -0.39 is 33.6 Å². The predicted octanol–water partition coefficient (Wildman–Crippen LogP) is 2.25. The second kappa shape index (κ2) is 9.19. The average molecular weight is 468 g/mol. The fourth-order valence-electron chi connectivity index (χ4n) is 4.11. The predicted molar refractivity (Wildman–Crippen MR) is 125 cm³/mol. The van der Waals surface area contributed by atoms with E-state index in [2.05, 4.69) is 9.88 Å². The summed E-state index contributed by atoms with van der Waals surface area (Å²) in [5.41, 5.74) is 1.54. The van der Waals surface area contributed by atoms with Crippen molar-refractivity contribution in [2.45, 2.75) is 25.4 Å². The minimum atomic E-state index is -3.39. The van der Waals surface area contributed by atoms with E-state index in [9.17, 15) is 22.8 Å². The molecule has 1 aromatic heterocycles. The van der Waals surface area contributed by atoms with Gasteiger partial charge in [0.15, 0.2) is 0 Å². The Morgan fingerprint density at radius 3 is 2.27 bits per heavy atom. The van der Waals surface area contributed by atoms with Crippen molar-refractivity contribution in [1.29, 1.82) is 0 Å². The molecule has 0 fully saturated rings. The molecule has 1 atom stereocenters. The van der Waals surface area contributed by atoms with Gasteiger partial charge in [0.1, 0.15) is 15.9 Å². The lowest BCUT2D eigenvalue weighted by Gasteiger charge is -2.25. The molecule has 4 rings (SSSR count). The fraction of sp³-hybridized carbons (Fsp3) is 0.292. The van der Waals surface area contributed by atoms with E-state index in [-0.39, 0.29) is 23.3 Å². The van der Waals surface area contributed by atoms with Crippen LogP contribution in [0.5, 0.6) is 0 Å². The molecule has 3 amide bonds. The quantitative estimate of drug-likeness (QED) is 0.384. The van der Waals surface area contributed by atoms with Gasteiger partial charge < -0.3 is 9.88 Å². The van der Waals surface area contributed by atoms with Gasteiger partial charge in [-0.15, -0.1) is 0 Å². The molecule has 172 valence electrons. The summed E-state index contributed by atoms with van der Waals surface area (Å²) in [5.74, 6) is -2.01. The van der Waals surface area contributed by atoms with Gasteiger partial charge in [0.2, 0.25) is 5.91 Å². The Morgan fingerprint density at radius 1 is 0.970 bits per heavy atom. The highest BCUT2D eigenvalue weighted by molar-refractivity contribution is 7.90. The minimum Gasteiger partial charge on any atom is -0.354 e. The lowest BCUT2D eigenvalue weighted by Crippen LogP contribution is -2.50. The number of rotatable bonds is 9. The zero-order valence-electron chi connectivity index (χ0n) is 18.2. The zero-order valence-corrected chi connectivity index (χ0v) is 19.0. The molecule has 0 radical (unpaired) electrons. The summed E-state index contributed by atoms with van der Waals surface area (Å²) in [6, 6.07) is 15.2.